The van der Waals surface area contributed by atoms with Crippen LogP contribution in [0.25, 0.3) is 0 Å². The van der Waals surface area contributed by atoms with E-state index in [1.807, 2.05) is 13.0 Å². The van der Waals surface area contributed by atoms with Gasteiger partial charge in [0.2, 0.25) is 0 Å². The van der Waals surface area contributed by atoms with Crippen LogP contribution in [-0.2, 0) is 0 Å². The first-order chi connectivity index (χ1) is 6.77. The van der Waals surface area contributed by atoms with Crippen LogP contribution in [0, 0.1) is 6.92 Å². The van der Waals surface area contributed by atoms with Crippen LogP contribution in [0.1, 0.15) is 41.8 Å². The average molecular weight is 193 g/mol. The largest absolute Gasteiger partial charge is 0.459 e. The molecule has 0 radical (unpaired) electrons. The minimum Gasteiger partial charge on any atom is -0.459 e. The molecule has 1 amide bonds. The van der Waals surface area contributed by atoms with Crippen molar-refractivity contribution in [2.45, 2.75) is 38.6 Å². The predicted molar refractivity (Wildman–Crippen MR) is 53.2 cm³/mol. The Morgan fingerprint density at radius 2 is 2.21 bits per heavy atom. The summed E-state index contributed by atoms with van der Waals surface area (Å²) in [5.74, 6) is 0.385. The Kier molecular flexibility index (Phi) is 2.57. The lowest BCUT2D eigenvalue weighted by Gasteiger charge is -2.10. The molecule has 14 heavy (non-hydrogen) atoms. The van der Waals surface area contributed by atoms with E-state index >= 15 is 0 Å². The lowest BCUT2D eigenvalue weighted by Crippen LogP contribution is -2.32. The van der Waals surface area contributed by atoms with Crippen molar-refractivity contribution in [1.29, 1.82) is 0 Å². The number of furan rings is 1. The molecule has 76 valence electrons. The van der Waals surface area contributed by atoms with Gasteiger partial charge in [0.15, 0.2) is 5.76 Å². The Hall–Kier alpha value is -1.25. The second-order valence-corrected chi connectivity index (χ2v) is 3.89. The Morgan fingerprint density at radius 1 is 1.50 bits per heavy atom. The molecule has 1 N–H and O–H groups in total. The lowest BCUT2D eigenvalue weighted by atomic mass is 10.2. The summed E-state index contributed by atoms with van der Waals surface area (Å²) in [4.78, 5) is 11.7. The molecule has 3 nitrogen and oxygen atoms in total. The molecule has 2 rings (SSSR count). The Balaban J connectivity index is 1.98. The predicted octanol–water partition coefficient (Wildman–Crippen LogP) is 2.26. The number of amides is 1. The molecule has 1 heterocycles. The average Bonchev–Trinajstić information content (AvgIpc) is 2.75. The summed E-state index contributed by atoms with van der Waals surface area (Å²) in [5, 5.41) is 2.99. The number of hydrogen-bond donors (Lipinski definition) is 1. The van der Waals surface area contributed by atoms with E-state index in [9.17, 15) is 4.79 Å². The zero-order chi connectivity index (χ0) is 9.97. The van der Waals surface area contributed by atoms with Crippen molar-refractivity contribution < 1.29 is 9.21 Å². The number of nitrogens with one attached hydrogen (secondary N) is 1. The van der Waals surface area contributed by atoms with E-state index < -0.39 is 0 Å². The highest BCUT2D eigenvalue weighted by atomic mass is 16.3. The van der Waals surface area contributed by atoms with Crippen LogP contribution in [0.4, 0.5) is 0 Å². The van der Waals surface area contributed by atoms with E-state index in [0.29, 0.717) is 11.8 Å². The van der Waals surface area contributed by atoms with E-state index in [4.69, 9.17) is 4.42 Å². The van der Waals surface area contributed by atoms with Crippen LogP contribution >= 0.6 is 0 Å². The zero-order valence-corrected chi connectivity index (χ0v) is 8.38. The second kappa shape index (κ2) is 3.86. The van der Waals surface area contributed by atoms with Gasteiger partial charge in [-0.2, -0.15) is 0 Å². The van der Waals surface area contributed by atoms with Gasteiger partial charge in [-0.3, -0.25) is 4.79 Å². The number of aryl methyl sites for hydroxylation is 1. The summed E-state index contributed by atoms with van der Waals surface area (Å²) in [7, 11) is 0. The van der Waals surface area contributed by atoms with E-state index in [1.165, 1.54) is 12.8 Å². The number of carbonyl (C=O) groups excluding carboxylic acids is 1. The van der Waals surface area contributed by atoms with Gasteiger partial charge < -0.3 is 9.73 Å². The van der Waals surface area contributed by atoms with Crippen LogP contribution in [0.2, 0.25) is 0 Å². The van der Waals surface area contributed by atoms with Crippen LogP contribution in [0.3, 0.4) is 0 Å². The summed E-state index contributed by atoms with van der Waals surface area (Å²) >= 11 is 0. The third-order valence-corrected chi connectivity index (χ3v) is 2.76. The molecule has 0 aliphatic heterocycles. The van der Waals surface area contributed by atoms with Gasteiger partial charge >= 0.3 is 0 Å². The lowest BCUT2D eigenvalue weighted by molar-refractivity contribution is 0.0909. The van der Waals surface area contributed by atoms with E-state index in [0.717, 1.165) is 18.4 Å². The molecule has 1 aromatic heterocycles. The molecule has 1 fully saturated rings. The van der Waals surface area contributed by atoms with Gasteiger partial charge in [0, 0.05) is 11.6 Å². The molecule has 0 aromatic carbocycles. The first kappa shape index (κ1) is 9.31. The normalized spacial score (nSPS) is 17.2. The minimum atomic E-state index is -0.0700. The Morgan fingerprint density at radius 3 is 2.79 bits per heavy atom. The van der Waals surface area contributed by atoms with E-state index in [-0.39, 0.29) is 5.91 Å². The summed E-state index contributed by atoms with van der Waals surface area (Å²) in [6, 6.07) is 2.16. The van der Waals surface area contributed by atoms with Gasteiger partial charge in [-0.15, -0.1) is 0 Å². The smallest absolute Gasteiger partial charge is 0.287 e. The minimum absolute atomic E-state index is 0.0700. The maximum Gasteiger partial charge on any atom is 0.287 e. The highest BCUT2D eigenvalue weighted by Crippen LogP contribution is 2.18. The van der Waals surface area contributed by atoms with Gasteiger partial charge in [0.1, 0.15) is 0 Å². The molecular weight excluding hydrogens is 178 g/mol. The monoisotopic (exact) mass is 193 g/mol. The van der Waals surface area contributed by atoms with Crippen molar-refractivity contribution in [3.63, 3.8) is 0 Å². The topological polar surface area (TPSA) is 42.2 Å². The molecular formula is C11H15NO2. The van der Waals surface area contributed by atoms with Gasteiger partial charge in [0.25, 0.3) is 5.91 Å². The number of carbonyl (C=O) groups is 1. The molecule has 1 aliphatic carbocycles. The quantitative estimate of drug-likeness (QED) is 0.782. The van der Waals surface area contributed by atoms with Gasteiger partial charge in [-0.25, -0.2) is 0 Å². The molecule has 3 heteroatoms. The van der Waals surface area contributed by atoms with Crippen molar-refractivity contribution in [2.75, 3.05) is 0 Å². The number of rotatable bonds is 2. The molecule has 1 saturated carbocycles. The summed E-state index contributed by atoms with van der Waals surface area (Å²) in [6.07, 6.45) is 6.21. The second-order valence-electron chi connectivity index (χ2n) is 3.89. The molecule has 0 spiro atoms. The highest BCUT2D eigenvalue weighted by Gasteiger charge is 2.20. The van der Waals surface area contributed by atoms with Gasteiger partial charge in [-0.05, 0) is 25.8 Å². The third kappa shape index (κ3) is 1.81. The van der Waals surface area contributed by atoms with Crippen LogP contribution < -0.4 is 5.32 Å². The third-order valence-electron chi connectivity index (χ3n) is 2.76. The summed E-state index contributed by atoms with van der Waals surface area (Å²) in [6.45, 7) is 1.88. The van der Waals surface area contributed by atoms with E-state index in [2.05, 4.69) is 5.32 Å². The van der Waals surface area contributed by atoms with Crippen LogP contribution in [0.15, 0.2) is 16.7 Å². The number of hydrogen-bond acceptors (Lipinski definition) is 2. The maximum atomic E-state index is 11.7. The Labute approximate surface area is 83.5 Å². The molecule has 1 aromatic rings. The summed E-state index contributed by atoms with van der Waals surface area (Å²) < 4.78 is 5.12. The molecule has 0 bridgehead atoms. The van der Waals surface area contributed by atoms with Crippen molar-refractivity contribution in [3.8, 4) is 0 Å². The highest BCUT2D eigenvalue weighted by molar-refractivity contribution is 5.92. The van der Waals surface area contributed by atoms with Crippen molar-refractivity contribution in [1.82, 2.24) is 5.32 Å². The fourth-order valence-electron chi connectivity index (χ4n) is 1.93. The fraction of sp³-hybridized carbons (Fsp3) is 0.545. The molecule has 0 unspecified atom stereocenters. The van der Waals surface area contributed by atoms with E-state index in [1.54, 1.807) is 6.26 Å². The first-order valence-corrected chi connectivity index (χ1v) is 5.12. The Bertz CT molecular complexity index is 324. The van der Waals surface area contributed by atoms with Crippen LogP contribution in [-0.4, -0.2) is 11.9 Å². The van der Waals surface area contributed by atoms with Crippen molar-refractivity contribution >= 4 is 5.91 Å². The standard InChI is InChI=1S/C11H15NO2/c1-8-6-7-14-10(8)11(13)12-9-4-2-3-5-9/h6-7,9H,2-5H2,1H3,(H,12,13). The molecule has 0 atom stereocenters. The zero-order valence-electron chi connectivity index (χ0n) is 8.38. The fourth-order valence-corrected chi connectivity index (χ4v) is 1.93. The van der Waals surface area contributed by atoms with Crippen molar-refractivity contribution in [3.05, 3.63) is 23.7 Å². The van der Waals surface area contributed by atoms with Gasteiger partial charge in [0.05, 0.1) is 6.26 Å². The first-order valence-electron chi connectivity index (χ1n) is 5.12. The molecule has 1 aliphatic rings. The molecule has 0 saturated heterocycles. The summed E-state index contributed by atoms with van der Waals surface area (Å²) in [5.41, 5.74) is 0.903. The van der Waals surface area contributed by atoms with Crippen LogP contribution in [0.5, 0.6) is 0 Å². The maximum absolute atomic E-state index is 11.7. The SMILES string of the molecule is Cc1ccoc1C(=O)NC1CCCC1. The van der Waals surface area contributed by atoms with Crippen molar-refractivity contribution in [2.24, 2.45) is 0 Å². The van der Waals surface area contributed by atoms with Gasteiger partial charge in [-0.1, -0.05) is 12.8 Å².